The minimum absolute atomic E-state index is 0.946. The van der Waals surface area contributed by atoms with Gasteiger partial charge in [-0.15, -0.1) is 0 Å². The lowest BCUT2D eigenvalue weighted by Crippen LogP contribution is -3.29. The van der Waals surface area contributed by atoms with Gasteiger partial charge in [0, 0.05) is 16.0 Å². The third-order valence-corrected chi connectivity index (χ3v) is 6.13. The first-order chi connectivity index (χ1) is 10.2. The zero-order valence-corrected chi connectivity index (χ0v) is 14.8. The maximum Gasteiger partial charge on any atom is 0.127 e. The molecule has 1 aliphatic heterocycles. The second-order valence-corrected chi connectivity index (χ2v) is 8.00. The molecular weight excluding hydrogens is 324 g/mol. The maximum absolute atomic E-state index is 3.52. The monoisotopic (exact) mass is 352 g/mol. The molecule has 2 fully saturated rings. The molecule has 116 valence electrons. The van der Waals surface area contributed by atoms with E-state index in [0.29, 0.717) is 0 Å². The number of benzene rings is 1. The van der Waals surface area contributed by atoms with Crippen LogP contribution in [0.3, 0.4) is 0 Å². The highest BCUT2D eigenvalue weighted by Gasteiger charge is 2.34. The fourth-order valence-electron chi connectivity index (χ4n) is 4.29. The van der Waals surface area contributed by atoms with E-state index in [1.165, 1.54) is 68.4 Å². The predicted molar refractivity (Wildman–Crippen MR) is 90.7 cm³/mol. The summed E-state index contributed by atoms with van der Waals surface area (Å²) in [7, 11) is 0. The van der Waals surface area contributed by atoms with Crippen molar-refractivity contribution in [3.63, 3.8) is 0 Å². The van der Waals surface area contributed by atoms with Crippen molar-refractivity contribution in [3.05, 3.63) is 34.3 Å². The van der Waals surface area contributed by atoms with E-state index in [1.54, 1.807) is 4.90 Å². The molecule has 2 aliphatic rings. The topological polar surface area (TPSA) is 8.88 Å². The lowest BCUT2D eigenvalue weighted by atomic mass is 9.84. The highest BCUT2D eigenvalue weighted by molar-refractivity contribution is 9.10. The smallest absolute Gasteiger partial charge is 0.127 e. The first-order valence-corrected chi connectivity index (χ1v) is 9.44. The second kappa shape index (κ2) is 7.26. The fraction of sp³-hybridized carbons (Fsp3) is 0.667. The molecule has 1 heterocycles. The molecule has 2 nitrogen and oxygen atoms in total. The second-order valence-electron chi connectivity index (χ2n) is 7.08. The maximum atomic E-state index is 3.52. The van der Waals surface area contributed by atoms with Crippen molar-refractivity contribution < 1.29 is 9.80 Å². The lowest BCUT2D eigenvalue weighted by molar-refractivity contribution is -1.03. The van der Waals surface area contributed by atoms with Gasteiger partial charge in [-0.1, -0.05) is 41.4 Å². The van der Waals surface area contributed by atoms with Crippen molar-refractivity contribution in [1.29, 1.82) is 0 Å². The van der Waals surface area contributed by atoms with Gasteiger partial charge in [-0.2, -0.15) is 0 Å². The molecule has 2 atom stereocenters. The van der Waals surface area contributed by atoms with Crippen LogP contribution in [0.2, 0.25) is 0 Å². The van der Waals surface area contributed by atoms with Gasteiger partial charge in [0.2, 0.25) is 0 Å². The van der Waals surface area contributed by atoms with Gasteiger partial charge >= 0.3 is 0 Å². The van der Waals surface area contributed by atoms with Crippen molar-refractivity contribution in [3.8, 4) is 0 Å². The Labute approximate surface area is 137 Å². The third kappa shape index (κ3) is 4.08. The van der Waals surface area contributed by atoms with E-state index in [2.05, 4.69) is 47.1 Å². The number of hydrogen-bond acceptors (Lipinski definition) is 0. The van der Waals surface area contributed by atoms with Crippen LogP contribution in [0.4, 0.5) is 0 Å². The summed E-state index contributed by atoms with van der Waals surface area (Å²) in [4.78, 5) is 3.67. The van der Waals surface area contributed by atoms with Crippen molar-refractivity contribution in [2.45, 2.75) is 45.2 Å². The fourth-order valence-corrected chi connectivity index (χ4v) is 4.55. The molecule has 0 unspecified atom stereocenters. The van der Waals surface area contributed by atoms with Crippen LogP contribution >= 0.6 is 15.9 Å². The molecule has 0 aromatic heterocycles. The molecule has 21 heavy (non-hydrogen) atoms. The van der Waals surface area contributed by atoms with Gasteiger partial charge < -0.3 is 9.80 Å². The number of rotatable bonds is 3. The molecule has 1 saturated carbocycles. The molecule has 1 aliphatic carbocycles. The zero-order valence-electron chi connectivity index (χ0n) is 13.2. The molecule has 1 aromatic rings. The van der Waals surface area contributed by atoms with E-state index in [-0.39, 0.29) is 0 Å². The molecule has 2 N–H and O–H groups in total. The summed E-state index contributed by atoms with van der Waals surface area (Å²) < 4.78 is 1.18. The summed E-state index contributed by atoms with van der Waals surface area (Å²) in [6, 6.07) is 9.81. The average Bonchev–Trinajstić information content (AvgIpc) is 2.51. The highest BCUT2D eigenvalue weighted by Crippen LogP contribution is 2.21. The number of halogens is 1. The van der Waals surface area contributed by atoms with E-state index in [0.717, 1.165) is 12.0 Å². The van der Waals surface area contributed by atoms with Crippen LogP contribution < -0.4 is 9.80 Å². The third-order valence-electron chi connectivity index (χ3n) is 5.60. The SMILES string of the molecule is C[C@H]1CCCC[C@@H]1[NH+]1CC[NH+](Cc2ccc(Br)cc2)CC1. The molecule has 1 saturated heterocycles. The zero-order chi connectivity index (χ0) is 14.7. The minimum atomic E-state index is 0.946. The molecule has 3 rings (SSSR count). The van der Waals surface area contributed by atoms with Crippen molar-refractivity contribution in [1.82, 2.24) is 0 Å². The van der Waals surface area contributed by atoms with E-state index in [4.69, 9.17) is 0 Å². The van der Waals surface area contributed by atoms with Crippen LogP contribution in [0.1, 0.15) is 38.2 Å². The van der Waals surface area contributed by atoms with Gasteiger partial charge in [0.15, 0.2) is 0 Å². The Bertz CT molecular complexity index is 437. The summed E-state index contributed by atoms with van der Waals surface area (Å²) in [6.07, 6.45) is 5.86. The van der Waals surface area contributed by atoms with Crippen LogP contribution in [0.25, 0.3) is 0 Å². The molecule has 0 amide bonds. The normalized spacial score (nSPS) is 33.8. The van der Waals surface area contributed by atoms with Gasteiger partial charge in [0.05, 0.1) is 6.04 Å². The van der Waals surface area contributed by atoms with Crippen LogP contribution in [-0.4, -0.2) is 32.2 Å². The van der Waals surface area contributed by atoms with Crippen molar-refractivity contribution in [2.75, 3.05) is 26.2 Å². The number of hydrogen-bond donors (Lipinski definition) is 2. The van der Waals surface area contributed by atoms with Gasteiger partial charge in [-0.3, -0.25) is 0 Å². The number of quaternary nitrogens is 2. The lowest BCUT2D eigenvalue weighted by Gasteiger charge is -2.39. The largest absolute Gasteiger partial charge is 0.323 e. The van der Waals surface area contributed by atoms with Crippen molar-refractivity contribution in [2.24, 2.45) is 5.92 Å². The predicted octanol–water partition coefficient (Wildman–Crippen LogP) is 1.31. The average molecular weight is 353 g/mol. The molecule has 0 radical (unpaired) electrons. The van der Waals surface area contributed by atoms with Crippen LogP contribution in [-0.2, 0) is 6.54 Å². The molecule has 3 heteroatoms. The Balaban J connectivity index is 1.49. The first-order valence-electron chi connectivity index (χ1n) is 8.65. The first kappa shape index (κ1) is 15.5. The van der Waals surface area contributed by atoms with Gasteiger partial charge in [0.1, 0.15) is 32.7 Å². The number of piperazine rings is 1. The summed E-state index contributed by atoms with van der Waals surface area (Å²) >= 11 is 3.52. The summed E-state index contributed by atoms with van der Waals surface area (Å²) in [5.41, 5.74) is 1.47. The Hall–Kier alpha value is -0.380. The molecule has 0 spiro atoms. The molecule has 1 aromatic carbocycles. The Morgan fingerprint density at radius 2 is 1.67 bits per heavy atom. The van der Waals surface area contributed by atoms with E-state index >= 15 is 0 Å². The summed E-state index contributed by atoms with van der Waals surface area (Å²) in [6.45, 7) is 9.11. The van der Waals surface area contributed by atoms with Crippen LogP contribution in [0.15, 0.2) is 28.7 Å². The van der Waals surface area contributed by atoms with Crippen LogP contribution in [0.5, 0.6) is 0 Å². The van der Waals surface area contributed by atoms with Crippen molar-refractivity contribution >= 4 is 15.9 Å². The summed E-state index contributed by atoms with van der Waals surface area (Å²) in [5, 5.41) is 0. The standard InChI is InChI=1S/C18H27BrN2/c1-15-4-2-3-5-18(15)21-12-10-20(11-13-21)14-16-6-8-17(19)9-7-16/h6-9,15,18H,2-5,10-14H2,1H3/p+2/t15-,18-/m0/s1. The van der Waals surface area contributed by atoms with Crippen LogP contribution in [0, 0.1) is 5.92 Å². The van der Waals surface area contributed by atoms with Gasteiger partial charge in [-0.25, -0.2) is 0 Å². The molecule has 0 bridgehead atoms. The van der Waals surface area contributed by atoms with E-state index in [9.17, 15) is 0 Å². The van der Waals surface area contributed by atoms with E-state index in [1.807, 2.05) is 4.90 Å². The minimum Gasteiger partial charge on any atom is -0.323 e. The number of nitrogens with one attached hydrogen (secondary N) is 2. The highest BCUT2D eigenvalue weighted by atomic mass is 79.9. The van der Waals surface area contributed by atoms with Gasteiger partial charge in [0.25, 0.3) is 0 Å². The van der Waals surface area contributed by atoms with E-state index < -0.39 is 0 Å². The Morgan fingerprint density at radius 1 is 1.00 bits per heavy atom. The molecular formula is C18H29BrN2+2. The Morgan fingerprint density at radius 3 is 2.33 bits per heavy atom. The summed E-state index contributed by atoms with van der Waals surface area (Å²) in [5.74, 6) is 0.946. The Kier molecular flexibility index (Phi) is 5.36. The quantitative estimate of drug-likeness (QED) is 0.811. The van der Waals surface area contributed by atoms with Gasteiger partial charge in [-0.05, 0) is 31.4 Å².